The lowest BCUT2D eigenvalue weighted by Gasteiger charge is -2.39. The van der Waals surface area contributed by atoms with Crippen LogP contribution in [0.3, 0.4) is 0 Å². The van der Waals surface area contributed by atoms with Crippen LogP contribution in [-0.2, 0) is 22.9 Å². The van der Waals surface area contributed by atoms with Crippen LogP contribution in [0.15, 0.2) is 47.5 Å². The zero-order valence-electron chi connectivity index (χ0n) is 26.0. The number of piperazine rings is 1. The predicted molar refractivity (Wildman–Crippen MR) is 178 cm³/mol. The first kappa shape index (κ1) is 32.9. The minimum Gasteiger partial charge on any atom is -0.495 e. The molecule has 46 heavy (non-hydrogen) atoms. The maximum Gasteiger partial charge on any atom is 0.245 e. The zero-order valence-corrected chi connectivity index (χ0v) is 27.6. The molecule has 4 N–H and O–H groups in total. The van der Waals surface area contributed by atoms with Crippen LogP contribution < -0.4 is 15.4 Å². The standard InChI is InChI=1S/C32H42ClN7O5S/c1-45-29-19-23-17-24(39-13-11-38(12-14-39)15-16-41)6-4-5-22(23)18-28(29)36-32-34-20-26(33)31(37-32)35-27-7-2-3-8-30(27)46(43,44)40-10-9-25(42)21-40/h2-3,7-8,18-20,24-25,41-42H,4-6,9-17,21H2,1H3,(H2,34,35,36,37)/t24?,25-/m0/s1. The molecule has 6 rings (SSSR count). The number of halogens is 1. The van der Waals surface area contributed by atoms with E-state index >= 15 is 0 Å². The summed E-state index contributed by atoms with van der Waals surface area (Å²) in [7, 11) is -2.21. The van der Waals surface area contributed by atoms with Crippen LogP contribution >= 0.6 is 11.6 Å². The van der Waals surface area contributed by atoms with Gasteiger partial charge in [0, 0.05) is 51.9 Å². The molecular formula is C32H42ClN7O5S. The summed E-state index contributed by atoms with van der Waals surface area (Å²) in [5.41, 5.74) is 3.61. The Balaban J connectivity index is 1.20. The van der Waals surface area contributed by atoms with Crippen LogP contribution in [-0.4, -0.2) is 114 Å². The SMILES string of the molecule is COc1cc2c(cc1Nc1ncc(Cl)c(Nc3ccccc3S(=O)(=O)N3CC[C@H](O)C3)n1)CCCC(N1CCN(CCO)CC1)C2. The Hall–Kier alpha value is -3.04. The number of hydrogen-bond donors (Lipinski definition) is 4. The van der Waals surface area contributed by atoms with Crippen LogP contribution in [0, 0.1) is 0 Å². The van der Waals surface area contributed by atoms with Gasteiger partial charge in [0.25, 0.3) is 0 Å². The molecule has 14 heteroatoms. The molecule has 1 aromatic heterocycles. The highest BCUT2D eigenvalue weighted by atomic mass is 35.5. The molecule has 3 aliphatic rings. The maximum absolute atomic E-state index is 13.4. The van der Waals surface area contributed by atoms with Crippen molar-refractivity contribution in [1.29, 1.82) is 0 Å². The Labute approximate surface area is 275 Å². The van der Waals surface area contributed by atoms with Gasteiger partial charge in [-0.15, -0.1) is 0 Å². The van der Waals surface area contributed by atoms with Crippen molar-refractivity contribution >= 4 is 44.8 Å². The van der Waals surface area contributed by atoms with E-state index in [-0.39, 0.29) is 41.4 Å². The Morgan fingerprint density at radius 3 is 2.59 bits per heavy atom. The fourth-order valence-electron chi connectivity index (χ4n) is 6.67. The number of aliphatic hydroxyl groups is 2. The highest BCUT2D eigenvalue weighted by Crippen LogP contribution is 2.36. The topological polar surface area (TPSA) is 143 Å². The van der Waals surface area contributed by atoms with Crippen molar-refractivity contribution in [3.8, 4) is 5.75 Å². The monoisotopic (exact) mass is 671 g/mol. The number of β-amino-alcohol motifs (C(OH)–C–C–N with tert-alkyl or cyclic N) is 2. The first-order valence-electron chi connectivity index (χ1n) is 15.9. The van der Waals surface area contributed by atoms with Crippen molar-refractivity contribution < 1.29 is 23.4 Å². The summed E-state index contributed by atoms with van der Waals surface area (Å²) >= 11 is 6.48. The predicted octanol–water partition coefficient (Wildman–Crippen LogP) is 3.24. The number of rotatable bonds is 10. The molecule has 248 valence electrons. The number of nitrogens with one attached hydrogen (secondary N) is 2. The number of nitrogens with zero attached hydrogens (tertiary/aromatic N) is 5. The minimum absolute atomic E-state index is 0.0602. The van der Waals surface area contributed by atoms with Gasteiger partial charge in [0.1, 0.15) is 15.7 Å². The molecule has 0 bridgehead atoms. The van der Waals surface area contributed by atoms with E-state index in [0.29, 0.717) is 23.9 Å². The van der Waals surface area contributed by atoms with Crippen molar-refractivity contribution in [2.24, 2.45) is 0 Å². The van der Waals surface area contributed by atoms with Gasteiger partial charge < -0.3 is 25.6 Å². The van der Waals surface area contributed by atoms with Gasteiger partial charge in [-0.25, -0.2) is 13.4 Å². The number of fused-ring (bicyclic) bond motifs is 1. The van der Waals surface area contributed by atoms with Gasteiger partial charge in [-0.2, -0.15) is 9.29 Å². The molecule has 3 aromatic rings. The average Bonchev–Trinajstić information content (AvgIpc) is 3.40. The molecule has 3 heterocycles. The third-order valence-corrected chi connectivity index (χ3v) is 11.4. The van der Waals surface area contributed by atoms with E-state index in [0.717, 1.165) is 64.1 Å². The smallest absolute Gasteiger partial charge is 0.245 e. The molecule has 0 radical (unpaired) electrons. The fourth-order valence-corrected chi connectivity index (χ4v) is 8.45. The lowest BCUT2D eigenvalue weighted by molar-refractivity contribution is 0.0805. The minimum atomic E-state index is -3.85. The molecular weight excluding hydrogens is 630 g/mol. The molecule has 0 spiro atoms. The van der Waals surface area contributed by atoms with Gasteiger partial charge in [0.2, 0.25) is 16.0 Å². The van der Waals surface area contributed by atoms with Gasteiger partial charge in [-0.1, -0.05) is 23.7 Å². The first-order valence-corrected chi connectivity index (χ1v) is 17.7. The highest BCUT2D eigenvalue weighted by Gasteiger charge is 2.33. The number of benzene rings is 2. The Bertz CT molecular complexity index is 1640. The second kappa shape index (κ2) is 14.4. The van der Waals surface area contributed by atoms with Crippen molar-refractivity contribution in [3.05, 3.63) is 58.7 Å². The number of aliphatic hydroxyl groups excluding tert-OH is 2. The fraction of sp³-hybridized carbons (Fsp3) is 0.500. The number of para-hydroxylation sites is 1. The number of ether oxygens (including phenoxy) is 1. The zero-order chi connectivity index (χ0) is 32.3. The van der Waals surface area contributed by atoms with Crippen molar-refractivity contribution in [2.45, 2.75) is 49.1 Å². The largest absolute Gasteiger partial charge is 0.495 e. The average molecular weight is 672 g/mol. The summed E-state index contributed by atoms with van der Waals surface area (Å²) in [6.45, 7) is 5.25. The van der Waals surface area contributed by atoms with Crippen LogP contribution in [0.2, 0.25) is 5.02 Å². The van der Waals surface area contributed by atoms with Gasteiger partial charge >= 0.3 is 0 Å². The van der Waals surface area contributed by atoms with Crippen LogP contribution in [0.5, 0.6) is 5.75 Å². The molecule has 2 saturated heterocycles. The normalized spacial score (nSPS) is 21.5. The van der Waals surface area contributed by atoms with E-state index in [1.807, 2.05) is 0 Å². The Morgan fingerprint density at radius 1 is 1.04 bits per heavy atom. The Kier molecular flexibility index (Phi) is 10.3. The second-order valence-electron chi connectivity index (χ2n) is 12.1. The first-order chi connectivity index (χ1) is 22.2. The summed E-state index contributed by atoms with van der Waals surface area (Å²) in [5.74, 6) is 1.21. The van der Waals surface area contributed by atoms with E-state index in [2.05, 4.69) is 42.5 Å². The van der Waals surface area contributed by atoms with E-state index in [9.17, 15) is 18.6 Å². The third kappa shape index (κ3) is 7.25. The number of hydrogen-bond acceptors (Lipinski definition) is 11. The van der Waals surface area contributed by atoms with Gasteiger partial charge in [-0.05, 0) is 67.5 Å². The number of sulfonamides is 1. The number of aryl methyl sites for hydroxylation is 1. The molecule has 0 amide bonds. The van der Waals surface area contributed by atoms with E-state index in [1.165, 1.54) is 27.7 Å². The van der Waals surface area contributed by atoms with Gasteiger partial charge in [0.15, 0.2) is 5.82 Å². The molecule has 2 atom stereocenters. The van der Waals surface area contributed by atoms with E-state index in [1.54, 1.807) is 25.3 Å². The lowest BCUT2D eigenvalue weighted by atomic mass is 9.99. The highest BCUT2D eigenvalue weighted by molar-refractivity contribution is 7.89. The summed E-state index contributed by atoms with van der Waals surface area (Å²) in [6, 6.07) is 11.3. The maximum atomic E-state index is 13.4. The van der Waals surface area contributed by atoms with Crippen molar-refractivity contribution in [2.75, 3.05) is 70.2 Å². The molecule has 2 aliphatic heterocycles. The molecule has 1 aliphatic carbocycles. The van der Waals surface area contributed by atoms with Gasteiger partial charge in [0.05, 0.1) is 37.4 Å². The van der Waals surface area contributed by atoms with Crippen LogP contribution in [0.1, 0.15) is 30.4 Å². The Morgan fingerprint density at radius 2 is 1.85 bits per heavy atom. The van der Waals surface area contributed by atoms with E-state index < -0.39 is 16.1 Å². The molecule has 12 nitrogen and oxygen atoms in total. The molecule has 2 aromatic carbocycles. The third-order valence-electron chi connectivity index (χ3n) is 9.17. The molecule has 0 saturated carbocycles. The van der Waals surface area contributed by atoms with Crippen LogP contribution in [0.4, 0.5) is 23.1 Å². The molecule has 1 unspecified atom stereocenters. The summed E-state index contributed by atoms with van der Waals surface area (Å²) < 4.78 is 33.9. The van der Waals surface area contributed by atoms with Crippen molar-refractivity contribution in [1.82, 2.24) is 24.1 Å². The lowest BCUT2D eigenvalue weighted by Crippen LogP contribution is -2.51. The second-order valence-corrected chi connectivity index (χ2v) is 14.4. The summed E-state index contributed by atoms with van der Waals surface area (Å²) in [6.07, 6.45) is 5.32. The van der Waals surface area contributed by atoms with Crippen molar-refractivity contribution in [3.63, 3.8) is 0 Å². The summed E-state index contributed by atoms with van der Waals surface area (Å²) in [5, 5.41) is 25.8. The number of methoxy groups -OCH3 is 1. The van der Waals surface area contributed by atoms with Gasteiger partial charge in [-0.3, -0.25) is 9.80 Å². The number of aromatic nitrogens is 2. The molecule has 2 fully saturated rings. The van der Waals surface area contributed by atoms with Crippen LogP contribution in [0.25, 0.3) is 0 Å². The summed E-state index contributed by atoms with van der Waals surface area (Å²) in [4.78, 5) is 14.0. The van der Waals surface area contributed by atoms with E-state index in [4.69, 9.17) is 16.3 Å². The quantitative estimate of drug-likeness (QED) is 0.236. The number of anilines is 4.